The molecule has 2 aromatic carbocycles. The van der Waals surface area contributed by atoms with Gasteiger partial charge >= 0.3 is 5.69 Å². The van der Waals surface area contributed by atoms with Gasteiger partial charge in [-0.15, -0.1) is 0 Å². The predicted molar refractivity (Wildman–Crippen MR) is 97.1 cm³/mol. The Hall–Kier alpha value is -3.52. The number of hydrogen-bond donors (Lipinski definition) is 2. The quantitative estimate of drug-likeness (QED) is 0.482. The Labute approximate surface area is 154 Å². The van der Waals surface area contributed by atoms with Crippen molar-refractivity contribution in [3.8, 4) is 11.5 Å². The number of aliphatic hydroxyl groups excluding tert-OH is 1. The summed E-state index contributed by atoms with van der Waals surface area (Å²) >= 11 is 0. The zero-order valence-corrected chi connectivity index (χ0v) is 14.1. The van der Waals surface area contributed by atoms with Crippen LogP contribution in [0.2, 0.25) is 0 Å². The summed E-state index contributed by atoms with van der Waals surface area (Å²) in [5.74, 6) is -0.0583. The van der Waals surface area contributed by atoms with Crippen molar-refractivity contribution in [2.24, 2.45) is 0 Å². The van der Waals surface area contributed by atoms with Crippen molar-refractivity contribution < 1.29 is 19.2 Å². The van der Waals surface area contributed by atoms with Crippen LogP contribution in [-0.4, -0.2) is 15.0 Å². The minimum Gasteiger partial charge on any atom is -0.450 e. The van der Waals surface area contributed by atoms with E-state index in [0.29, 0.717) is 29.1 Å². The van der Waals surface area contributed by atoms with Crippen LogP contribution in [-0.2, 0) is 13.2 Å². The van der Waals surface area contributed by atoms with Gasteiger partial charge in [0.15, 0.2) is 0 Å². The van der Waals surface area contributed by atoms with Crippen LogP contribution < -0.4 is 10.1 Å². The molecule has 0 amide bonds. The smallest absolute Gasteiger partial charge is 0.311 e. The van der Waals surface area contributed by atoms with Crippen LogP contribution in [0.15, 0.2) is 60.9 Å². The number of rotatable bonds is 7. The summed E-state index contributed by atoms with van der Waals surface area (Å²) in [5, 5.41) is 23.8. The van der Waals surface area contributed by atoms with Crippen molar-refractivity contribution in [3.05, 3.63) is 88.0 Å². The third-order valence-electron chi connectivity index (χ3n) is 3.83. The second kappa shape index (κ2) is 8.24. The molecule has 0 saturated carbocycles. The van der Waals surface area contributed by atoms with Gasteiger partial charge in [0.1, 0.15) is 11.6 Å². The van der Waals surface area contributed by atoms with E-state index in [9.17, 15) is 19.6 Å². The van der Waals surface area contributed by atoms with E-state index in [4.69, 9.17) is 4.74 Å². The van der Waals surface area contributed by atoms with Crippen LogP contribution in [0.3, 0.4) is 0 Å². The molecule has 1 aromatic heterocycles. The highest BCUT2D eigenvalue weighted by Gasteiger charge is 2.17. The standard InChI is InChI=1S/C19H16FN3O4/c20-15-2-4-16(5-3-15)27-19-6-1-13(9-18(19)23(25)26)10-22-17-11-21-8-7-14(17)12-24/h1-9,11,22,24H,10,12H2. The van der Waals surface area contributed by atoms with Crippen molar-refractivity contribution in [1.29, 1.82) is 0 Å². The van der Waals surface area contributed by atoms with Crippen molar-refractivity contribution in [3.63, 3.8) is 0 Å². The number of ether oxygens (including phenoxy) is 1. The maximum atomic E-state index is 13.0. The van der Waals surface area contributed by atoms with Crippen LogP contribution in [0, 0.1) is 15.9 Å². The largest absolute Gasteiger partial charge is 0.450 e. The van der Waals surface area contributed by atoms with Gasteiger partial charge in [0.05, 0.1) is 23.4 Å². The lowest BCUT2D eigenvalue weighted by Gasteiger charge is -2.11. The molecule has 0 atom stereocenters. The Balaban J connectivity index is 1.78. The van der Waals surface area contributed by atoms with E-state index in [1.54, 1.807) is 24.5 Å². The molecule has 0 aliphatic carbocycles. The molecule has 0 bridgehead atoms. The van der Waals surface area contributed by atoms with E-state index in [2.05, 4.69) is 10.3 Å². The molecule has 0 spiro atoms. The zero-order chi connectivity index (χ0) is 19.2. The number of nitrogens with zero attached hydrogens (tertiary/aromatic N) is 2. The Bertz CT molecular complexity index is 948. The lowest BCUT2D eigenvalue weighted by Crippen LogP contribution is -2.04. The minimum atomic E-state index is -0.536. The highest BCUT2D eigenvalue weighted by atomic mass is 19.1. The van der Waals surface area contributed by atoms with Gasteiger partial charge in [-0.1, -0.05) is 6.07 Å². The topological polar surface area (TPSA) is 97.5 Å². The molecule has 2 N–H and O–H groups in total. The molecule has 3 rings (SSSR count). The molecule has 0 unspecified atom stereocenters. The summed E-state index contributed by atoms with van der Waals surface area (Å²) in [4.78, 5) is 14.8. The number of nitrogens with one attached hydrogen (secondary N) is 1. The molecule has 0 fully saturated rings. The van der Waals surface area contributed by atoms with E-state index in [1.807, 2.05) is 0 Å². The maximum absolute atomic E-state index is 13.0. The number of nitro benzene ring substituents is 1. The SMILES string of the molecule is O=[N+]([O-])c1cc(CNc2cnccc2CO)ccc1Oc1ccc(F)cc1. The fourth-order valence-corrected chi connectivity index (χ4v) is 2.45. The minimum absolute atomic E-state index is 0.0628. The molecule has 8 heteroatoms. The Morgan fingerprint density at radius 2 is 1.96 bits per heavy atom. The number of nitro groups is 1. The Morgan fingerprint density at radius 1 is 1.19 bits per heavy atom. The summed E-state index contributed by atoms with van der Waals surface area (Å²) in [6, 6.07) is 11.5. The first-order chi connectivity index (χ1) is 13.1. The van der Waals surface area contributed by atoms with Crippen LogP contribution in [0.1, 0.15) is 11.1 Å². The van der Waals surface area contributed by atoms with Crippen LogP contribution in [0.4, 0.5) is 15.8 Å². The van der Waals surface area contributed by atoms with Gasteiger partial charge in [-0.05, 0) is 42.0 Å². The number of aliphatic hydroxyl groups is 1. The fraction of sp³-hybridized carbons (Fsp3) is 0.105. The number of hydrogen-bond acceptors (Lipinski definition) is 6. The first-order valence-corrected chi connectivity index (χ1v) is 8.05. The molecule has 0 aliphatic rings. The van der Waals surface area contributed by atoms with Gasteiger partial charge < -0.3 is 15.2 Å². The summed E-state index contributed by atoms with van der Waals surface area (Å²) in [7, 11) is 0. The summed E-state index contributed by atoms with van der Waals surface area (Å²) < 4.78 is 18.5. The summed E-state index contributed by atoms with van der Waals surface area (Å²) in [6.45, 7) is 0.159. The van der Waals surface area contributed by atoms with Crippen molar-refractivity contribution in [2.75, 3.05) is 5.32 Å². The number of benzene rings is 2. The second-order valence-electron chi connectivity index (χ2n) is 5.66. The maximum Gasteiger partial charge on any atom is 0.311 e. The molecule has 138 valence electrons. The highest BCUT2D eigenvalue weighted by molar-refractivity contribution is 5.53. The average molecular weight is 369 g/mol. The van der Waals surface area contributed by atoms with Gasteiger partial charge in [-0.25, -0.2) is 4.39 Å². The third kappa shape index (κ3) is 4.56. The van der Waals surface area contributed by atoms with Crippen LogP contribution in [0.5, 0.6) is 11.5 Å². The fourth-order valence-electron chi connectivity index (χ4n) is 2.45. The number of aromatic nitrogens is 1. The van der Waals surface area contributed by atoms with Crippen molar-refractivity contribution in [2.45, 2.75) is 13.2 Å². The molecule has 0 aliphatic heterocycles. The van der Waals surface area contributed by atoms with E-state index in [0.717, 1.165) is 0 Å². The molecular weight excluding hydrogens is 353 g/mol. The summed E-state index contributed by atoms with van der Waals surface area (Å²) in [5.41, 5.74) is 1.78. The number of halogens is 1. The Morgan fingerprint density at radius 3 is 2.67 bits per heavy atom. The molecule has 3 aromatic rings. The molecule has 1 heterocycles. The lowest BCUT2D eigenvalue weighted by atomic mass is 10.1. The zero-order valence-electron chi connectivity index (χ0n) is 14.1. The lowest BCUT2D eigenvalue weighted by molar-refractivity contribution is -0.385. The van der Waals surface area contributed by atoms with Crippen molar-refractivity contribution >= 4 is 11.4 Å². The number of anilines is 1. The van der Waals surface area contributed by atoms with E-state index in [-0.39, 0.29) is 18.0 Å². The van der Waals surface area contributed by atoms with Crippen LogP contribution in [0.25, 0.3) is 0 Å². The normalized spacial score (nSPS) is 10.4. The molecule has 0 saturated heterocycles. The number of pyridine rings is 1. The van der Waals surface area contributed by atoms with E-state index >= 15 is 0 Å². The molecule has 7 nitrogen and oxygen atoms in total. The first kappa shape index (κ1) is 18.3. The van der Waals surface area contributed by atoms with Gasteiger partial charge in [0, 0.05) is 24.4 Å². The predicted octanol–water partition coefficient (Wildman–Crippen LogP) is 4.03. The molecule has 0 radical (unpaired) electrons. The van der Waals surface area contributed by atoms with Gasteiger partial charge in [0.2, 0.25) is 5.75 Å². The van der Waals surface area contributed by atoms with Crippen LogP contribution >= 0.6 is 0 Å². The first-order valence-electron chi connectivity index (χ1n) is 8.05. The van der Waals surface area contributed by atoms with Crippen molar-refractivity contribution in [1.82, 2.24) is 4.98 Å². The molecular formula is C19H16FN3O4. The highest BCUT2D eigenvalue weighted by Crippen LogP contribution is 2.32. The van der Waals surface area contributed by atoms with Gasteiger partial charge in [0.25, 0.3) is 0 Å². The second-order valence-corrected chi connectivity index (χ2v) is 5.66. The van der Waals surface area contributed by atoms with Gasteiger partial charge in [-0.3, -0.25) is 15.1 Å². The average Bonchev–Trinajstić information content (AvgIpc) is 2.69. The summed E-state index contributed by atoms with van der Waals surface area (Å²) in [6.07, 6.45) is 3.15. The molecule has 27 heavy (non-hydrogen) atoms. The third-order valence-corrected chi connectivity index (χ3v) is 3.83. The van der Waals surface area contributed by atoms with E-state index in [1.165, 1.54) is 36.4 Å². The monoisotopic (exact) mass is 369 g/mol. The van der Waals surface area contributed by atoms with Gasteiger partial charge in [-0.2, -0.15) is 0 Å². The van der Waals surface area contributed by atoms with E-state index < -0.39 is 10.7 Å². The Kier molecular flexibility index (Phi) is 5.58.